The number of rotatable bonds is 6. The Morgan fingerprint density at radius 2 is 1.77 bits per heavy atom. The molecule has 138 valence electrons. The first-order valence-corrected chi connectivity index (χ1v) is 9.30. The van der Waals surface area contributed by atoms with E-state index in [-0.39, 0.29) is 15.5 Å². The zero-order valence-electron chi connectivity index (χ0n) is 14.0. The van der Waals surface area contributed by atoms with E-state index in [9.17, 15) is 18.0 Å². The molecule has 0 aliphatic carbocycles. The van der Waals surface area contributed by atoms with E-state index in [0.717, 1.165) is 10.4 Å². The number of hydrogen-bond acceptors (Lipinski definition) is 5. The van der Waals surface area contributed by atoms with Crippen LogP contribution in [0.4, 0.5) is 5.69 Å². The molecule has 0 fully saturated rings. The number of ether oxygens (including phenoxy) is 1. The highest BCUT2D eigenvalue weighted by Gasteiger charge is 2.25. The van der Waals surface area contributed by atoms with Gasteiger partial charge in [-0.1, -0.05) is 29.8 Å². The Hall–Kier alpha value is -2.58. The van der Waals surface area contributed by atoms with Gasteiger partial charge in [0.1, 0.15) is 0 Å². The zero-order valence-corrected chi connectivity index (χ0v) is 15.6. The summed E-state index contributed by atoms with van der Waals surface area (Å²) in [5.41, 5.74) is 5.33. The molecule has 26 heavy (non-hydrogen) atoms. The van der Waals surface area contributed by atoms with Gasteiger partial charge in [-0.05, 0) is 37.3 Å². The van der Waals surface area contributed by atoms with Crippen LogP contribution in [0.15, 0.2) is 53.4 Å². The Balaban J connectivity index is 2.39. The van der Waals surface area contributed by atoms with Crippen molar-refractivity contribution in [1.82, 2.24) is 0 Å². The number of amides is 1. The molecule has 0 aliphatic heterocycles. The van der Waals surface area contributed by atoms with Crippen molar-refractivity contribution in [2.45, 2.75) is 17.9 Å². The Morgan fingerprint density at radius 3 is 2.35 bits per heavy atom. The highest BCUT2D eigenvalue weighted by atomic mass is 35.5. The number of para-hydroxylation sites is 1. The van der Waals surface area contributed by atoms with Crippen molar-refractivity contribution >= 4 is 39.2 Å². The van der Waals surface area contributed by atoms with Gasteiger partial charge in [-0.2, -0.15) is 0 Å². The molecule has 2 aromatic carbocycles. The predicted octanol–water partition coefficient (Wildman–Crippen LogP) is 2.20. The number of esters is 1. The van der Waals surface area contributed by atoms with Crippen molar-refractivity contribution in [1.29, 1.82) is 0 Å². The molecule has 0 heterocycles. The predicted molar refractivity (Wildman–Crippen MR) is 97.6 cm³/mol. The Morgan fingerprint density at radius 1 is 1.15 bits per heavy atom. The number of hydrogen-bond donors (Lipinski definition) is 1. The van der Waals surface area contributed by atoms with Crippen LogP contribution in [0, 0.1) is 0 Å². The van der Waals surface area contributed by atoms with Crippen molar-refractivity contribution in [3.05, 3.63) is 59.1 Å². The fourth-order valence-corrected chi connectivity index (χ4v) is 3.46. The second-order valence-corrected chi connectivity index (χ2v) is 7.78. The Kier molecular flexibility index (Phi) is 5.89. The minimum absolute atomic E-state index is 0.00650. The molecular formula is C17H17ClN2O5S. The lowest BCUT2D eigenvalue weighted by atomic mass is 10.2. The molecule has 2 rings (SSSR count). The van der Waals surface area contributed by atoms with Gasteiger partial charge < -0.3 is 10.5 Å². The minimum atomic E-state index is -3.93. The van der Waals surface area contributed by atoms with Gasteiger partial charge in [0.15, 0.2) is 6.10 Å². The van der Waals surface area contributed by atoms with Crippen LogP contribution in [-0.2, 0) is 19.6 Å². The lowest BCUT2D eigenvalue weighted by molar-refractivity contribution is -0.125. The third kappa shape index (κ3) is 4.14. The highest BCUT2D eigenvalue weighted by molar-refractivity contribution is 7.92. The molecular weight excluding hydrogens is 380 g/mol. The molecule has 2 aromatic rings. The van der Waals surface area contributed by atoms with E-state index in [2.05, 4.69) is 0 Å². The van der Waals surface area contributed by atoms with Crippen LogP contribution in [0.25, 0.3) is 0 Å². The second-order valence-electron chi connectivity index (χ2n) is 5.40. The summed E-state index contributed by atoms with van der Waals surface area (Å²) >= 11 is 5.98. The fourth-order valence-electron chi connectivity index (χ4n) is 2.04. The molecule has 0 aromatic heterocycles. The molecule has 1 atom stereocenters. The molecule has 0 saturated heterocycles. The highest BCUT2D eigenvalue weighted by Crippen LogP contribution is 2.26. The average molecular weight is 397 g/mol. The van der Waals surface area contributed by atoms with Crippen LogP contribution in [0.2, 0.25) is 5.02 Å². The van der Waals surface area contributed by atoms with E-state index < -0.39 is 28.0 Å². The van der Waals surface area contributed by atoms with E-state index in [1.54, 1.807) is 30.3 Å². The smallest absolute Gasteiger partial charge is 0.340 e. The van der Waals surface area contributed by atoms with Gasteiger partial charge in [0.2, 0.25) is 0 Å². The SMILES string of the molecule is C[C@@H](OC(=O)c1cc(S(=O)(=O)N(C)c2ccccc2)ccc1Cl)C(N)=O. The zero-order chi connectivity index (χ0) is 19.5. The summed E-state index contributed by atoms with van der Waals surface area (Å²) in [4.78, 5) is 23.1. The van der Waals surface area contributed by atoms with Crippen LogP contribution in [-0.4, -0.2) is 33.4 Å². The molecule has 0 spiro atoms. The van der Waals surface area contributed by atoms with Crippen molar-refractivity contribution in [2.24, 2.45) is 5.73 Å². The molecule has 2 N–H and O–H groups in total. The maximum Gasteiger partial charge on any atom is 0.340 e. The Bertz CT molecular complexity index is 931. The summed E-state index contributed by atoms with van der Waals surface area (Å²) in [5, 5.41) is -0.00650. The molecule has 1 amide bonds. The van der Waals surface area contributed by atoms with Crippen LogP contribution >= 0.6 is 11.6 Å². The molecule has 9 heteroatoms. The number of halogens is 1. The number of primary amides is 1. The van der Waals surface area contributed by atoms with Crippen molar-refractivity contribution in [3.8, 4) is 0 Å². The van der Waals surface area contributed by atoms with Crippen molar-refractivity contribution in [2.75, 3.05) is 11.4 Å². The summed E-state index contributed by atoms with van der Waals surface area (Å²) in [6, 6.07) is 12.1. The summed E-state index contributed by atoms with van der Waals surface area (Å²) in [7, 11) is -2.54. The summed E-state index contributed by atoms with van der Waals surface area (Å²) in [5.74, 6) is -1.78. The quantitative estimate of drug-likeness (QED) is 0.753. The first kappa shape index (κ1) is 19.7. The summed E-state index contributed by atoms with van der Waals surface area (Å²) < 4.78 is 31.6. The van der Waals surface area contributed by atoms with Crippen LogP contribution in [0.5, 0.6) is 0 Å². The van der Waals surface area contributed by atoms with Crippen LogP contribution in [0.3, 0.4) is 0 Å². The maximum atomic E-state index is 12.8. The minimum Gasteiger partial charge on any atom is -0.449 e. The number of sulfonamides is 1. The molecule has 0 radical (unpaired) electrons. The number of carbonyl (C=O) groups is 2. The lowest BCUT2D eigenvalue weighted by Gasteiger charge is -2.20. The maximum absolute atomic E-state index is 12.8. The summed E-state index contributed by atoms with van der Waals surface area (Å²) in [6.45, 7) is 1.30. The van der Waals surface area contributed by atoms with Gasteiger partial charge in [-0.3, -0.25) is 9.10 Å². The molecule has 0 aliphatic rings. The Labute approximate surface area is 156 Å². The van der Waals surface area contributed by atoms with Gasteiger partial charge in [0.25, 0.3) is 15.9 Å². The van der Waals surface area contributed by atoms with Crippen LogP contribution in [0.1, 0.15) is 17.3 Å². The first-order chi connectivity index (χ1) is 12.1. The van der Waals surface area contributed by atoms with Crippen molar-refractivity contribution < 1.29 is 22.7 Å². The number of nitrogens with zero attached hydrogens (tertiary/aromatic N) is 1. The third-order valence-electron chi connectivity index (χ3n) is 3.62. The van der Waals surface area contributed by atoms with Crippen molar-refractivity contribution in [3.63, 3.8) is 0 Å². The van der Waals surface area contributed by atoms with E-state index in [4.69, 9.17) is 22.1 Å². The van der Waals surface area contributed by atoms with Gasteiger partial charge >= 0.3 is 5.97 Å². The number of carbonyl (C=O) groups excluding carboxylic acids is 2. The third-order valence-corrected chi connectivity index (χ3v) is 5.73. The fraction of sp³-hybridized carbons (Fsp3) is 0.176. The van der Waals surface area contributed by atoms with E-state index >= 15 is 0 Å². The first-order valence-electron chi connectivity index (χ1n) is 7.48. The number of nitrogens with two attached hydrogens (primary N) is 1. The molecule has 7 nitrogen and oxygen atoms in total. The van der Waals surface area contributed by atoms with Gasteiger partial charge in [0, 0.05) is 7.05 Å². The number of benzene rings is 2. The largest absolute Gasteiger partial charge is 0.449 e. The standard InChI is InChI=1S/C17H17ClN2O5S/c1-11(16(19)21)25-17(22)14-10-13(8-9-15(14)18)26(23,24)20(2)12-6-4-3-5-7-12/h3-11H,1-2H3,(H2,19,21)/t11-/m1/s1. The molecule has 0 unspecified atom stereocenters. The summed E-state index contributed by atoms with van der Waals surface area (Å²) in [6.07, 6.45) is -1.18. The lowest BCUT2D eigenvalue weighted by Crippen LogP contribution is -2.30. The van der Waals surface area contributed by atoms with Gasteiger partial charge in [-0.25, -0.2) is 13.2 Å². The average Bonchev–Trinajstić information content (AvgIpc) is 2.61. The van der Waals surface area contributed by atoms with E-state index in [1.807, 2.05) is 0 Å². The van der Waals surface area contributed by atoms with Gasteiger partial charge in [-0.15, -0.1) is 0 Å². The molecule has 0 saturated carbocycles. The number of anilines is 1. The van der Waals surface area contributed by atoms with Crippen LogP contribution < -0.4 is 10.0 Å². The normalized spacial score (nSPS) is 12.3. The topological polar surface area (TPSA) is 107 Å². The second kappa shape index (κ2) is 7.76. The van der Waals surface area contributed by atoms with E-state index in [1.165, 1.54) is 26.1 Å². The molecule has 0 bridgehead atoms. The van der Waals surface area contributed by atoms with Gasteiger partial charge in [0.05, 0.1) is 21.2 Å². The van der Waals surface area contributed by atoms with E-state index in [0.29, 0.717) is 5.69 Å². The monoisotopic (exact) mass is 396 g/mol.